The summed E-state index contributed by atoms with van der Waals surface area (Å²) in [7, 11) is 1.93. The summed E-state index contributed by atoms with van der Waals surface area (Å²) in [5.74, 6) is 0.301. The van der Waals surface area contributed by atoms with E-state index in [0.29, 0.717) is 5.92 Å². The van der Waals surface area contributed by atoms with Crippen LogP contribution in [-0.4, -0.2) is 24.7 Å². The fourth-order valence-electron chi connectivity index (χ4n) is 12.2. The quantitative estimate of drug-likeness (QED) is 0.258. The first-order valence-electron chi connectivity index (χ1n) is 17.3. The number of esters is 1. The minimum Gasteiger partial charge on any atom is -0.457 e. The van der Waals surface area contributed by atoms with Gasteiger partial charge in [0, 0.05) is 5.54 Å². The lowest BCUT2D eigenvalue weighted by atomic mass is 9.24. The second-order valence-electron chi connectivity index (χ2n) is 20.9. The smallest absolute Gasteiger partial charge is 0.313 e. The van der Waals surface area contributed by atoms with E-state index in [0.717, 1.165) is 6.42 Å². The van der Waals surface area contributed by atoms with Gasteiger partial charge in [0.25, 0.3) is 0 Å². The fraction of sp³-hybridized carbons (Fsp3) is 0.925. The maximum atomic E-state index is 14.1. The summed E-state index contributed by atoms with van der Waals surface area (Å²) in [4.78, 5) is 14.1. The predicted octanol–water partition coefficient (Wildman–Crippen LogP) is 10.9. The Labute approximate surface area is 268 Å². The molecule has 0 aliphatic heterocycles. The molecule has 3 aliphatic carbocycles. The third-order valence-corrected chi connectivity index (χ3v) is 17.4. The van der Waals surface area contributed by atoms with Gasteiger partial charge in [-0.25, -0.2) is 0 Å². The van der Waals surface area contributed by atoms with E-state index in [2.05, 4.69) is 137 Å². The van der Waals surface area contributed by atoms with Crippen molar-refractivity contribution in [2.75, 3.05) is 7.05 Å². The number of nitrogens with one attached hydrogen (secondary N) is 1. The Morgan fingerprint density at radius 3 is 1.65 bits per heavy atom. The minimum absolute atomic E-state index is 0.0254. The molecule has 1 N–H and O–H groups in total. The Balaban J connectivity index is 2.49. The molecule has 0 aromatic rings. The molecule has 0 heterocycles. The van der Waals surface area contributed by atoms with Crippen LogP contribution < -0.4 is 5.32 Å². The van der Waals surface area contributed by atoms with E-state index in [4.69, 9.17) is 4.74 Å². The highest BCUT2D eigenvalue weighted by atomic mass is 16.5. The average Bonchev–Trinajstić information content (AvgIpc) is 2.79. The Hall–Kier alpha value is -0.830. The third kappa shape index (κ3) is 4.10. The van der Waals surface area contributed by atoms with Crippen molar-refractivity contribution in [3.63, 3.8) is 0 Å². The van der Waals surface area contributed by atoms with Gasteiger partial charge in [-0.1, -0.05) is 116 Å². The molecular formula is C40H73NO2. The molecule has 4 atom stereocenters. The van der Waals surface area contributed by atoms with Crippen LogP contribution in [0.3, 0.4) is 0 Å². The number of carbonyl (C=O) groups excluding carboxylic acids is 1. The largest absolute Gasteiger partial charge is 0.457 e. The first-order chi connectivity index (χ1) is 18.6. The summed E-state index contributed by atoms with van der Waals surface area (Å²) >= 11 is 0. The van der Waals surface area contributed by atoms with Crippen LogP contribution in [0.5, 0.6) is 0 Å². The van der Waals surface area contributed by atoms with Gasteiger partial charge in [0.15, 0.2) is 0 Å². The molecule has 0 aromatic heterocycles. The minimum atomic E-state index is -0.690. The van der Waals surface area contributed by atoms with Gasteiger partial charge in [0.2, 0.25) is 0 Å². The van der Waals surface area contributed by atoms with E-state index in [1.165, 1.54) is 17.6 Å². The zero-order valence-electron chi connectivity index (χ0n) is 32.9. The van der Waals surface area contributed by atoms with Crippen LogP contribution >= 0.6 is 0 Å². The lowest BCUT2D eigenvalue weighted by molar-refractivity contribution is -0.304. The number of hydrogen-bond donors (Lipinski definition) is 1. The normalized spacial score (nSPS) is 37.1. The zero-order valence-corrected chi connectivity index (χ0v) is 32.9. The molecule has 0 aromatic carbocycles. The van der Waals surface area contributed by atoms with E-state index >= 15 is 0 Å². The topological polar surface area (TPSA) is 38.3 Å². The molecule has 3 heteroatoms. The lowest BCUT2D eigenvalue weighted by Gasteiger charge is -2.80. The van der Waals surface area contributed by atoms with Crippen molar-refractivity contribution in [3.05, 3.63) is 11.1 Å². The zero-order chi connectivity index (χ0) is 34.2. The average molecular weight is 600 g/mol. The molecule has 3 rings (SSSR count). The van der Waals surface area contributed by atoms with Crippen molar-refractivity contribution < 1.29 is 9.53 Å². The van der Waals surface area contributed by atoms with Crippen molar-refractivity contribution in [2.45, 2.75) is 170 Å². The van der Waals surface area contributed by atoms with Gasteiger partial charge in [-0.3, -0.25) is 4.79 Å². The maximum Gasteiger partial charge on any atom is 0.313 e. The molecule has 0 spiro atoms. The molecule has 2 bridgehead atoms. The van der Waals surface area contributed by atoms with Crippen molar-refractivity contribution in [3.8, 4) is 0 Å². The third-order valence-electron chi connectivity index (χ3n) is 17.4. The number of carbonyl (C=O) groups is 1. The van der Waals surface area contributed by atoms with Crippen LogP contribution in [0.15, 0.2) is 11.1 Å². The van der Waals surface area contributed by atoms with Crippen LogP contribution in [0.25, 0.3) is 0 Å². The Morgan fingerprint density at radius 1 is 0.744 bits per heavy atom. The fourth-order valence-corrected chi connectivity index (χ4v) is 12.2. The number of rotatable bonds is 4. The van der Waals surface area contributed by atoms with Gasteiger partial charge >= 0.3 is 5.97 Å². The highest BCUT2D eigenvalue weighted by molar-refractivity contribution is 5.78. The van der Waals surface area contributed by atoms with Crippen LogP contribution in [0.1, 0.15) is 158 Å². The van der Waals surface area contributed by atoms with Gasteiger partial charge in [0.05, 0.1) is 5.41 Å². The first kappa shape index (κ1) is 36.6. The maximum absolute atomic E-state index is 14.1. The summed E-state index contributed by atoms with van der Waals surface area (Å²) < 4.78 is 6.76. The first-order valence-corrected chi connectivity index (χ1v) is 17.3. The van der Waals surface area contributed by atoms with Gasteiger partial charge in [-0.15, -0.1) is 0 Å². The van der Waals surface area contributed by atoms with E-state index in [9.17, 15) is 4.79 Å². The summed E-state index contributed by atoms with van der Waals surface area (Å²) in [5.41, 5.74) is 1.54. The summed E-state index contributed by atoms with van der Waals surface area (Å²) in [6.45, 7) is 51.6. The summed E-state index contributed by atoms with van der Waals surface area (Å²) in [6.07, 6.45) is 1.79. The van der Waals surface area contributed by atoms with Crippen LogP contribution in [0, 0.1) is 60.1 Å². The van der Waals surface area contributed by atoms with Gasteiger partial charge in [0.1, 0.15) is 6.10 Å². The Kier molecular flexibility index (Phi) is 7.99. The molecule has 0 saturated heterocycles. The van der Waals surface area contributed by atoms with Gasteiger partial charge in [-0.05, 0) is 115 Å². The van der Waals surface area contributed by atoms with Crippen molar-refractivity contribution in [1.82, 2.24) is 5.32 Å². The molecule has 4 unspecified atom stereocenters. The van der Waals surface area contributed by atoms with Crippen molar-refractivity contribution >= 4 is 5.97 Å². The van der Waals surface area contributed by atoms with E-state index in [1.54, 1.807) is 0 Å². The summed E-state index contributed by atoms with van der Waals surface area (Å²) in [5, 5.41) is 3.37. The highest BCUT2D eigenvalue weighted by Crippen LogP contribution is 2.83. The second kappa shape index (κ2) is 9.38. The van der Waals surface area contributed by atoms with Gasteiger partial charge < -0.3 is 10.1 Å². The molecule has 3 nitrogen and oxygen atoms in total. The lowest BCUT2D eigenvalue weighted by Crippen LogP contribution is -2.74. The Bertz CT molecular complexity index is 1190. The number of allylic oxidation sites excluding steroid dienone is 1. The van der Waals surface area contributed by atoms with Crippen LogP contribution in [0.4, 0.5) is 0 Å². The standard InChI is InChI=1S/C40H73NO2/c1-25-26(43-29(42)36(14,15)38(18,19)41-22)23-39(20)33(8,9)27(25)32(6,7)37(16,17)40(21)28(35(39,12)13)34(10,11)30(2,3)24-31(40,4)5/h26,28,41H,23-24H2,1-22H3. The molecule has 0 amide bonds. The second-order valence-corrected chi connectivity index (χ2v) is 20.9. The molecule has 43 heavy (non-hydrogen) atoms. The van der Waals surface area contributed by atoms with E-state index in [1.807, 2.05) is 20.9 Å². The van der Waals surface area contributed by atoms with E-state index in [-0.39, 0.29) is 60.8 Å². The highest BCUT2D eigenvalue weighted by Gasteiger charge is 2.77. The molecule has 2 saturated carbocycles. The predicted molar refractivity (Wildman–Crippen MR) is 185 cm³/mol. The van der Waals surface area contributed by atoms with Crippen molar-refractivity contribution in [1.29, 1.82) is 0 Å². The monoisotopic (exact) mass is 600 g/mol. The van der Waals surface area contributed by atoms with Crippen LogP contribution in [-0.2, 0) is 9.53 Å². The molecule has 250 valence electrons. The number of ether oxygens (including phenoxy) is 1. The molecular weight excluding hydrogens is 526 g/mol. The molecule has 3 aliphatic rings. The van der Waals surface area contributed by atoms with Crippen LogP contribution in [0.2, 0.25) is 0 Å². The number of fused-ring (bicyclic) bond motifs is 3. The summed E-state index contributed by atoms with van der Waals surface area (Å²) in [6, 6.07) is 0. The van der Waals surface area contributed by atoms with Gasteiger partial charge in [-0.2, -0.15) is 0 Å². The SMILES string of the molecule is CNC(C)(C)C(C)(C)C(=O)OC1CC2(C)C(C)(C)C(=C1C)C(C)(C)C(C)(C)C1(C)C(C(C)(C)C(C)(C)CC1(C)C)C2(C)C. The van der Waals surface area contributed by atoms with Crippen molar-refractivity contribution in [2.24, 2.45) is 60.1 Å². The Morgan fingerprint density at radius 2 is 1.21 bits per heavy atom. The number of hydrogen-bond acceptors (Lipinski definition) is 3. The van der Waals surface area contributed by atoms with E-state index < -0.39 is 11.0 Å². The molecule has 2 fully saturated rings. The molecule has 0 radical (unpaired) electrons.